The number of alkyl halides is 1. The fourth-order valence-electron chi connectivity index (χ4n) is 1.22. The number of halogens is 1. The number of rotatable bonds is 6. The number of benzene rings is 1. The Morgan fingerprint density at radius 1 is 1.38 bits per heavy atom. The molecule has 0 spiro atoms. The lowest BCUT2D eigenvalue weighted by atomic mass is 10.1. The number of hydrogen-bond donors (Lipinski definition) is 0. The second kappa shape index (κ2) is 11.1. The lowest BCUT2D eigenvalue weighted by molar-refractivity contribution is -0.139. The van der Waals surface area contributed by atoms with Crippen molar-refractivity contribution in [3.05, 3.63) is 60.7 Å². The Kier molecular flexibility index (Phi) is 10.3. The van der Waals surface area contributed by atoms with Crippen LogP contribution in [0.3, 0.4) is 0 Å². The minimum absolute atomic E-state index is 0.0544. The van der Waals surface area contributed by atoms with E-state index in [1.807, 2.05) is 49.3 Å². The van der Waals surface area contributed by atoms with Crippen molar-refractivity contribution in [1.82, 2.24) is 4.90 Å². The minimum Gasteiger partial charge on any atom is -0.461 e. The predicted octanol–water partition coefficient (Wildman–Crippen LogP) is 3.82. The van der Waals surface area contributed by atoms with E-state index in [4.69, 9.17) is 16.3 Å². The SMILES string of the molecule is C=C(C)C(=O)OCCN(C)C.C=CC(Cl)c1ccccc1. The minimum atomic E-state index is -0.313. The molecular weight excluding hydrogens is 286 g/mol. The molecule has 0 saturated heterocycles. The van der Waals surface area contributed by atoms with E-state index in [9.17, 15) is 4.79 Å². The molecule has 1 rings (SSSR count). The van der Waals surface area contributed by atoms with E-state index in [1.54, 1.807) is 13.0 Å². The van der Waals surface area contributed by atoms with Gasteiger partial charge in [0.1, 0.15) is 6.61 Å². The summed E-state index contributed by atoms with van der Waals surface area (Å²) in [5.41, 5.74) is 1.54. The summed E-state index contributed by atoms with van der Waals surface area (Å²) in [6, 6.07) is 9.87. The maximum Gasteiger partial charge on any atom is 0.333 e. The first-order valence-electron chi connectivity index (χ1n) is 6.67. The van der Waals surface area contributed by atoms with E-state index in [-0.39, 0.29) is 11.3 Å². The monoisotopic (exact) mass is 309 g/mol. The highest BCUT2D eigenvalue weighted by Gasteiger charge is 2.01. The highest BCUT2D eigenvalue weighted by molar-refractivity contribution is 6.21. The summed E-state index contributed by atoms with van der Waals surface area (Å²) < 4.78 is 4.83. The highest BCUT2D eigenvalue weighted by Crippen LogP contribution is 2.19. The predicted molar refractivity (Wildman–Crippen MR) is 89.6 cm³/mol. The van der Waals surface area contributed by atoms with Crippen molar-refractivity contribution >= 4 is 17.6 Å². The van der Waals surface area contributed by atoms with Gasteiger partial charge in [0.15, 0.2) is 0 Å². The molecule has 21 heavy (non-hydrogen) atoms. The zero-order valence-corrected chi connectivity index (χ0v) is 13.8. The van der Waals surface area contributed by atoms with Gasteiger partial charge in [-0.15, -0.1) is 18.2 Å². The molecule has 0 aromatic heterocycles. The van der Waals surface area contributed by atoms with Gasteiger partial charge in [0.2, 0.25) is 0 Å². The molecule has 0 fully saturated rings. The first-order chi connectivity index (χ1) is 9.88. The second-order valence-electron chi connectivity index (χ2n) is 4.77. The third-order valence-electron chi connectivity index (χ3n) is 2.45. The Morgan fingerprint density at radius 2 is 1.95 bits per heavy atom. The summed E-state index contributed by atoms with van der Waals surface area (Å²) in [7, 11) is 3.85. The van der Waals surface area contributed by atoms with E-state index in [2.05, 4.69) is 13.2 Å². The van der Waals surface area contributed by atoms with Crippen LogP contribution in [0.15, 0.2) is 55.1 Å². The van der Waals surface area contributed by atoms with Crippen LogP contribution in [-0.2, 0) is 9.53 Å². The Labute approximate surface area is 132 Å². The van der Waals surface area contributed by atoms with Gasteiger partial charge < -0.3 is 9.64 Å². The highest BCUT2D eigenvalue weighted by atomic mass is 35.5. The molecule has 0 saturated carbocycles. The van der Waals surface area contributed by atoms with Crippen LogP contribution in [0.25, 0.3) is 0 Å². The van der Waals surface area contributed by atoms with E-state index in [1.165, 1.54) is 0 Å². The van der Waals surface area contributed by atoms with Crippen molar-refractivity contribution in [1.29, 1.82) is 0 Å². The molecular formula is C17H24ClNO2. The fourth-order valence-corrected chi connectivity index (χ4v) is 1.36. The number of likely N-dealkylation sites (N-methyl/N-ethyl adjacent to an activating group) is 1. The normalized spacial score (nSPS) is 11.1. The van der Waals surface area contributed by atoms with Gasteiger partial charge in [0, 0.05) is 12.1 Å². The molecule has 0 heterocycles. The third-order valence-corrected chi connectivity index (χ3v) is 2.88. The van der Waals surface area contributed by atoms with Crippen molar-refractivity contribution in [2.45, 2.75) is 12.3 Å². The number of nitrogens with zero attached hydrogens (tertiary/aromatic N) is 1. The number of hydrogen-bond acceptors (Lipinski definition) is 3. The van der Waals surface area contributed by atoms with Crippen LogP contribution in [0.5, 0.6) is 0 Å². The van der Waals surface area contributed by atoms with Crippen molar-refractivity contribution in [2.75, 3.05) is 27.2 Å². The van der Waals surface area contributed by atoms with Gasteiger partial charge in [0.25, 0.3) is 0 Å². The number of carbonyl (C=O) groups excluding carboxylic acids is 1. The van der Waals surface area contributed by atoms with E-state index >= 15 is 0 Å². The molecule has 0 aliphatic rings. The number of esters is 1. The number of ether oxygens (including phenoxy) is 1. The van der Waals surface area contributed by atoms with Gasteiger partial charge in [-0.25, -0.2) is 4.79 Å². The van der Waals surface area contributed by atoms with E-state index in [0.717, 1.165) is 12.1 Å². The van der Waals surface area contributed by atoms with Crippen molar-refractivity contribution in [2.24, 2.45) is 0 Å². The Bertz CT molecular complexity index is 443. The standard InChI is InChI=1S/C9H9Cl.C8H15NO2/c1-2-9(10)8-6-4-3-5-7-8;1-7(2)8(10)11-6-5-9(3)4/h2-7,9H,1H2;1,5-6H2,2-4H3. The quantitative estimate of drug-likeness (QED) is 0.346. The summed E-state index contributed by atoms with van der Waals surface area (Å²) in [6.07, 6.45) is 1.72. The first kappa shape index (κ1) is 19.4. The Hall–Kier alpha value is -1.58. The van der Waals surface area contributed by atoms with Gasteiger partial charge in [-0.2, -0.15) is 0 Å². The van der Waals surface area contributed by atoms with Gasteiger partial charge >= 0.3 is 5.97 Å². The van der Waals surface area contributed by atoms with Gasteiger partial charge in [0.05, 0.1) is 5.38 Å². The lowest BCUT2D eigenvalue weighted by Crippen LogP contribution is -2.20. The van der Waals surface area contributed by atoms with E-state index in [0.29, 0.717) is 12.2 Å². The molecule has 0 aliphatic heterocycles. The van der Waals surface area contributed by atoms with Crippen molar-refractivity contribution in [3.63, 3.8) is 0 Å². The zero-order valence-electron chi connectivity index (χ0n) is 13.0. The largest absolute Gasteiger partial charge is 0.461 e. The summed E-state index contributed by atoms with van der Waals surface area (Å²) in [5, 5.41) is -0.0544. The average molecular weight is 310 g/mol. The van der Waals surface area contributed by atoms with Crippen molar-refractivity contribution in [3.8, 4) is 0 Å². The molecule has 1 aromatic rings. The molecule has 0 N–H and O–H groups in total. The second-order valence-corrected chi connectivity index (χ2v) is 5.24. The molecule has 4 heteroatoms. The van der Waals surface area contributed by atoms with Crippen LogP contribution in [0, 0.1) is 0 Å². The smallest absolute Gasteiger partial charge is 0.333 e. The maximum atomic E-state index is 10.8. The topological polar surface area (TPSA) is 29.5 Å². The van der Waals surface area contributed by atoms with Crippen LogP contribution in [-0.4, -0.2) is 38.1 Å². The number of carbonyl (C=O) groups is 1. The summed E-state index contributed by atoms with van der Waals surface area (Å²) in [5.74, 6) is -0.313. The van der Waals surface area contributed by atoms with Crippen LogP contribution in [0.4, 0.5) is 0 Å². The Balaban J connectivity index is 0.000000382. The van der Waals surface area contributed by atoms with Crippen LogP contribution in [0.2, 0.25) is 0 Å². The molecule has 0 aliphatic carbocycles. The molecule has 0 radical (unpaired) electrons. The maximum absolute atomic E-state index is 10.8. The average Bonchev–Trinajstić information content (AvgIpc) is 2.47. The molecule has 3 nitrogen and oxygen atoms in total. The zero-order chi connectivity index (χ0) is 16.3. The number of allylic oxidation sites excluding steroid dienone is 1. The molecule has 116 valence electrons. The van der Waals surface area contributed by atoms with Crippen LogP contribution < -0.4 is 0 Å². The third kappa shape index (κ3) is 9.88. The Morgan fingerprint density at radius 3 is 2.38 bits per heavy atom. The molecule has 0 bridgehead atoms. The lowest BCUT2D eigenvalue weighted by Gasteiger charge is -2.09. The van der Waals surface area contributed by atoms with Crippen molar-refractivity contribution < 1.29 is 9.53 Å². The molecule has 0 amide bonds. The van der Waals surface area contributed by atoms with Gasteiger partial charge in [-0.3, -0.25) is 0 Å². The van der Waals surface area contributed by atoms with Gasteiger partial charge in [-0.1, -0.05) is 43.0 Å². The van der Waals surface area contributed by atoms with Gasteiger partial charge in [-0.05, 0) is 26.6 Å². The molecule has 1 unspecified atom stereocenters. The van der Waals surface area contributed by atoms with E-state index < -0.39 is 0 Å². The molecule has 1 aromatic carbocycles. The van der Waals surface area contributed by atoms with Crippen LogP contribution >= 0.6 is 11.6 Å². The van der Waals surface area contributed by atoms with Crippen LogP contribution in [0.1, 0.15) is 17.9 Å². The fraction of sp³-hybridized carbons (Fsp3) is 0.353. The summed E-state index contributed by atoms with van der Waals surface area (Å²) in [4.78, 5) is 12.7. The first-order valence-corrected chi connectivity index (χ1v) is 7.11. The summed E-state index contributed by atoms with van der Waals surface area (Å²) >= 11 is 5.87. The molecule has 1 atom stereocenters. The summed E-state index contributed by atoms with van der Waals surface area (Å²) in [6.45, 7) is 9.88.